The zero-order chi connectivity index (χ0) is 17.0. The second-order valence-corrected chi connectivity index (χ2v) is 6.18. The third kappa shape index (κ3) is 3.31. The number of aromatic nitrogens is 1. The van der Waals surface area contributed by atoms with Crippen LogP contribution in [0, 0.1) is 0 Å². The lowest BCUT2D eigenvalue weighted by Gasteiger charge is -2.33. The molecule has 1 atom stereocenters. The molecular formula is C19H27N5. The standard InChI is InChI=1S/C19H27N5/c1-4-8-14-13-19(5-2,21-6-3)24-18(22-14)23-17-10-7-9-16-15(17)11-12-20-16/h7,9-13,20-21H,4-6,8H2,1-3H3,(H2,22,23,24). The summed E-state index contributed by atoms with van der Waals surface area (Å²) in [5.41, 5.74) is 3.06. The molecule has 5 heteroatoms. The minimum absolute atomic E-state index is 0.334. The number of guanidine groups is 1. The van der Waals surface area contributed by atoms with Crippen LogP contribution in [0.3, 0.4) is 0 Å². The highest BCUT2D eigenvalue weighted by atomic mass is 15.3. The van der Waals surface area contributed by atoms with Gasteiger partial charge in [0, 0.05) is 22.8 Å². The number of rotatable bonds is 6. The first-order valence-corrected chi connectivity index (χ1v) is 8.86. The number of nitrogens with zero attached hydrogens (tertiary/aromatic N) is 1. The average Bonchev–Trinajstić information content (AvgIpc) is 3.05. The predicted molar refractivity (Wildman–Crippen MR) is 102 cm³/mol. The molecule has 5 nitrogen and oxygen atoms in total. The quantitative estimate of drug-likeness (QED) is 0.650. The van der Waals surface area contributed by atoms with E-state index < -0.39 is 0 Å². The number of likely N-dealkylation sites (N-methyl/N-ethyl adjacent to an activating group) is 1. The van der Waals surface area contributed by atoms with Crippen LogP contribution in [0.15, 0.2) is 47.2 Å². The maximum Gasteiger partial charge on any atom is 0.202 e. The summed E-state index contributed by atoms with van der Waals surface area (Å²) in [5.74, 6) is 0.803. The van der Waals surface area contributed by atoms with Crippen LogP contribution in [0.5, 0.6) is 0 Å². The molecular weight excluding hydrogens is 298 g/mol. The molecule has 1 aromatic carbocycles. The first-order chi connectivity index (χ1) is 11.7. The number of benzene rings is 1. The lowest BCUT2D eigenvalue weighted by Crippen LogP contribution is -2.48. The first-order valence-electron chi connectivity index (χ1n) is 8.86. The SMILES string of the molecule is CCCC1=CC(CC)(NCC)N=C(Nc2cccc3[nH]ccc23)N1. The van der Waals surface area contributed by atoms with Crippen molar-refractivity contribution >= 4 is 22.5 Å². The van der Waals surface area contributed by atoms with E-state index >= 15 is 0 Å². The number of aromatic amines is 1. The number of nitrogens with one attached hydrogen (secondary N) is 4. The van der Waals surface area contributed by atoms with E-state index in [2.05, 4.69) is 66.0 Å². The van der Waals surface area contributed by atoms with Crippen molar-refractivity contribution in [1.82, 2.24) is 15.6 Å². The van der Waals surface area contributed by atoms with Gasteiger partial charge in [0.1, 0.15) is 5.66 Å². The Morgan fingerprint density at radius 2 is 2.04 bits per heavy atom. The lowest BCUT2D eigenvalue weighted by atomic mass is 10.0. The Kier molecular flexibility index (Phi) is 4.90. The highest BCUT2D eigenvalue weighted by Gasteiger charge is 2.28. The van der Waals surface area contributed by atoms with E-state index in [0.29, 0.717) is 0 Å². The number of fused-ring (bicyclic) bond motifs is 1. The Bertz CT molecular complexity index is 758. The minimum Gasteiger partial charge on any atom is -0.361 e. The van der Waals surface area contributed by atoms with E-state index in [1.54, 1.807) is 0 Å². The summed E-state index contributed by atoms with van der Waals surface area (Å²) >= 11 is 0. The van der Waals surface area contributed by atoms with Crippen molar-refractivity contribution in [3.05, 3.63) is 42.2 Å². The largest absolute Gasteiger partial charge is 0.361 e. The molecule has 24 heavy (non-hydrogen) atoms. The second-order valence-electron chi connectivity index (χ2n) is 6.18. The molecule has 0 bridgehead atoms. The van der Waals surface area contributed by atoms with Crippen LogP contribution in [0.2, 0.25) is 0 Å². The van der Waals surface area contributed by atoms with Crippen LogP contribution < -0.4 is 16.0 Å². The monoisotopic (exact) mass is 325 g/mol. The Morgan fingerprint density at radius 3 is 2.79 bits per heavy atom. The molecule has 0 radical (unpaired) electrons. The molecule has 0 fully saturated rings. The van der Waals surface area contributed by atoms with Gasteiger partial charge in [-0.05, 0) is 43.7 Å². The summed E-state index contributed by atoms with van der Waals surface area (Å²) in [5, 5.41) is 11.6. The number of anilines is 1. The van der Waals surface area contributed by atoms with Crippen molar-refractivity contribution < 1.29 is 0 Å². The van der Waals surface area contributed by atoms with Gasteiger partial charge in [0.05, 0.1) is 5.69 Å². The zero-order valence-electron chi connectivity index (χ0n) is 14.7. The summed E-state index contributed by atoms with van der Waals surface area (Å²) in [7, 11) is 0. The molecule has 4 N–H and O–H groups in total. The summed E-state index contributed by atoms with van der Waals surface area (Å²) in [6.45, 7) is 7.37. The minimum atomic E-state index is -0.334. The summed E-state index contributed by atoms with van der Waals surface area (Å²) in [6.07, 6.45) is 7.23. The van der Waals surface area contributed by atoms with Gasteiger partial charge in [-0.2, -0.15) is 0 Å². The fraction of sp³-hybridized carbons (Fsp3) is 0.421. The highest BCUT2D eigenvalue weighted by Crippen LogP contribution is 2.25. The highest BCUT2D eigenvalue weighted by molar-refractivity contribution is 6.03. The first kappa shape index (κ1) is 16.6. The van der Waals surface area contributed by atoms with Gasteiger partial charge < -0.3 is 15.6 Å². The Hall–Kier alpha value is -2.27. The zero-order valence-corrected chi connectivity index (χ0v) is 14.7. The molecule has 1 aliphatic heterocycles. The van der Waals surface area contributed by atoms with Crippen molar-refractivity contribution in [2.24, 2.45) is 4.99 Å². The van der Waals surface area contributed by atoms with Crippen LogP contribution in [0.4, 0.5) is 5.69 Å². The van der Waals surface area contributed by atoms with E-state index in [4.69, 9.17) is 4.99 Å². The van der Waals surface area contributed by atoms with Gasteiger partial charge in [0.15, 0.2) is 0 Å². The van der Waals surface area contributed by atoms with E-state index in [9.17, 15) is 0 Å². The number of aliphatic imine (C=N–C) groups is 1. The Labute approximate surface area is 143 Å². The predicted octanol–water partition coefficient (Wildman–Crippen LogP) is 3.94. The van der Waals surface area contributed by atoms with E-state index in [1.807, 2.05) is 12.3 Å². The van der Waals surface area contributed by atoms with E-state index in [-0.39, 0.29) is 5.66 Å². The molecule has 3 rings (SSSR count). The lowest BCUT2D eigenvalue weighted by molar-refractivity contribution is 0.405. The molecule has 2 heterocycles. The number of hydrogen-bond donors (Lipinski definition) is 4. The van der Waals surface area contributed by atoms with Crippen LogP contribution in [-0.2, 0) is 0 Å². The van der Waals surface area contributed by atoms with Crippen LogP contribution >= 0.6 is 0 Å². The third-order valence-corrected chi connectivity index (χ3v) is 4.39. The molecule has 0 saturated heterocycles. The smallest absolute Gasteiger partial charge is 0.202 e. The van der Waals surface area contributed by atoms with Gasteiger partial charge >= 0.3 is 0 Å². The molecule has 0 spiro atoms. The Morgan fingerprint density at radius 1 is 1.17 bits per heavy atom. The van der Waals surface area contributed by atoms with Gasteiger partial charge in [0.2, 0.25) is 5.96 Å². The third-order valence-electron chi connectivity index (χ3n) is 4.39. The van der Waals surface area contributed by atoms with Gasteiger partial charge in [-0.15, -0.1) is 0 Å². The van der Waals surface area contributed by atoms with Gasteiger partial charge in [-0.3, -0.25) is 5.32 Å². The fourth-order valence-corrected chi connectivity index (χ4v) is 3.22. The molecule has 1 aromatic heterocycles. The van der Waals surface area contributed by atoms with Crippen molar-refractivity contribution in [1.29, 1.82) is 0 Å². The normalized spacial score (nSPS) is 20.5. The number of allylic oxidation sites excluding steroid dienone is 1. The topological polar surface area (TPSA) is 64.2 Å². The summed E-state index contributed by atoms with van der Waals surface area (Å²) in [6, 6.07) is 8.29. The van der Waals surface area contributed by atoms with Crippen molar-refractivity contribution in [3.8, 4) is 0 Å². The summed E-state index contributed by atoms with van der Waals surface area (Å²) in [4.78, 5) is 8.19. The Balaban J connectivity index is 1.92. The maximum atomic E-state index is 4.94. The maximum absolute atomic E-state index is 4.94. The average molecular weight is 325 g/mol. The van der Waals surface area contributed by atoms with Crippen molar-refractivity contribution in [2.45, 2.75) is 45.7 Å². The molecule has 1 aliphatic rings. The van der Waals surface area contributed by atoms with Crippen LogP contribution in [-0.4, -0.2) is 23.2 Å². The van der Waals surface area contributed by atoms with Crippen LogP contribution in [0.25, 0.3) is 10.9 Å². The van der Waals surface area contributed by atoms with E-state index in [0.717, 1.165) is 43.0 Å². The van der Waals surface area contributed by atoms with E-state index in [1.165, 1.54) is 11.1 Å². The molecule has 0 amide bonds. The van der Waals surface area contributed by atoms with Crippen molar-refractivity contribution in [2.75, 3.05) is 11.9 Å². The van der Waals surface area contributed by atoms with Crippen LogP contribution in [0.1, 0.15) is 40.0 Å². The molecule has 0 saturated carbocycles. The van der Waals surface area contributed by atoms with Gasteiger partial charge in [-0.1, -0.05) is 33.3 Å². The molecule has 2 aromatic rings. The van der Waals surface area contributed by atoms with Gasteiger partial charge in [0.25, 0.3) is 0 Å². The number of hydrogen-bond acceptors (Lipinski definition) is 4. The van der Waals surface area contributed by atoms with Gasteiger partial charge in [-0.25, -0.2) is 4.99 Å². The molecule has 128 valence electrons. The summed E-state index contributed by atoms with van der Waals surface area (Å²) < 4.78 is 0. The molecule has 0 aliphatic carbocycles. The van der Waals surface area contributed by atoms with Crippen molar-refractivity contribution in [3.63, 3.8) is 0 Å². The second kappa shape index (κ2) is 7.09. The number of H-pyrrole nitrogens is 1. The molecule has 1 unspecified atom stereocenters. The fourth-order valence-electron chi connectivity index (χ4n) is 3.22.